The molecule has 0 saturated carbocycles. The lowest BCUT2D eigenvalue weighted by atomic mass is 10.1. The molecule has 6 heteroatoms. The Hall–Kier alpha value is -1.04. The van der Waals surface area contributed by atoms with Gasteiger partial charge in [-0.15, -0.1) is 0 Å². The van der Waals surface area contributed by atoms with E-state index in [2.05, 4.69) is 20.9 Å². The first-order valence-corrected chi connectivity index (χ1v) is 4.74. The van der Waals surface area contributed by atoms with Gasteiger partial charge < -0.3 is 5.73 Å². The summed E-state index contributed by atoms with van der Waals surface area (Å²) in [6, 6.07) is 2.19. The van der Waals surface area contributed by atoms with E-state index in [4.69, 9.17) is 5.73 Å². The molecule has 0 spiro atoms. The number of nitrogens with zero attached hydrogens (tertiary/aromatic N) is 1. The summed E-state index contributed by atoms with van der Waals surface area (Å²) in [5.41, 5.74) is 5.18. The number of rotatable bonds is 1. The molecule has 2 N–H and O–H groups in total. The largest absolute Gasteiger partial charge is 0.417 e. The van der Waals surface area contributed by atoms with Gasteiger partial charge in [0.25, 0.3) is 0 Å². The van der Waals surface area contributed by atoms with Gasteiger partial charge in [0, 0.05) is 29.0 Å². The summed E-state index contributed by atoms with van der Waals surface area (Å²) in [4.78, 5) is 3.69. The van der Waals surface area contributed by atoms with E-state index in [1.807, 2.05) is 0 Å². The maximum absolute atomic E-state index is 12.4. The molecule has 1 aromatic rings. The van der Waals surface area contributed by atoms with Crippen molar-refractivity contribution in [2.45, 2.75) is 6.18 Å². The maximum atomic E-state index is 12.4. The molecule has 0 aromatic heterocycles. The van der Waals surface area contributed by atoms with Crippen molar-refractivity contribution in [3.63, 3.8) is 0 Å². The number of hydrogen-bond donors (Lipinski definition) is 1. The molecule has 0 aliphatic rings. The van der Waals surface area contributed by atoms with Gasteiger partial charge in [-0.3, -0.25) is 4.99 Å². The van der Waals surface area contributed by atoms with Crippen molar-refractivity contribution in [1.82, 2.24) is 0 Å². The zero-order valence-electron chi connectivity index (χ0n) is 7.77. The van der Waals surface area contributed by atoms with Crippen LogP contribution in [0.15, 0.2) is 21.6 Å². The van der Waals surface area contributed by atoms with Crippen LogP contribution in [0.2, 0.25) is 0 Å². The SMILES string of the molecule is CN=Cc1cc(Br)c(C(F)(F)F)cc1N. The van der Waals surface area contributed by atoms with E-state index in [9.17, 15) is 13.2 Å². The second kappa shape index (κ2) is 4.22. The van der Waals surface area contributed by atoms with Crippen LogP contribution in [0.4, 0.5) is 18.9 Å². The predicted molar refractivity (Wildman–Crippen MR) is 57.1 cm³/mol. The Morgan fingerprint density at radius 2 is 2.00 bits per heavy atom. The molecule has 0 unspecified atom stereocenters. The molecule has 0 heterocycles. The second-order valence-electron chi connectivity index (χ2n) is 2.85. The lowest BCUT2D eigenvalue weighted by Crippen LogP contribution is -2.08. The van der Waals surface area contributed by atoms with E-state index < -0.39 is 11.7 Å². The van der Waals surface area contributed by atoms with Gasteiger partial charge >= 0.3 is 6.18 Å². The van der Waals surface area contributed by atoms with Gasteiger partial charge in [0.05, 0.1) is 5.56 Å². The average molecular weight is 281 g/mol. The number of benzene rings is 1. The van der Waals surface area contributed by atoms with E-state index in [0.717, 1.165) is 6.07 Å². The number of nitrogens with two attached hydrogens (primary N) is 1. The third-order valence-corrected chi connectivity index (χ3v) is 2.40. The maximum Gasteiger partial charge on any atom is 0.417 e. The number of nitrogen functional groups attached to an aromatic ring is 1. The number of alkyl halides is 3. The van der Waals surface area contributed by atoms with Crippen LogP contribution < -0.4 is 5.73 Å². The Labute approximate surface area is 93.1 Å². The number of hydrogen-bond acceptors (Lipinski definition) is 2. The zero-order valence-corrected chi connectivity index (χ0v) is 9.35. The van der Waals surface area contributed by atoms with Crippen molar-refractivity contribution in [2.24, 2.45) is 4.99 Å². The highest BCUT2D eigenvalue weighted by Crippen LogP contribution is 2.36. The van der Waals surface area contributed by atoms with Crippen LogP contribution in [0.3, 0.4) is 0 Å². The molecule has 0 fully saturated rings. The Balaban J connectivity index is 3.32. The topological polar surface area (TPSA) is 38.4 Å². The van der Waals surface area contributed by atoms with Crippen LogP contribution in [0.1, 0.15) is 11.1 Å². The second-order valence-corrected chi connectivity index (χ2v) is 3.70. The number of aliphatic imine (C=N–C) groups is 1. The standard InChI is InChI=1S/C9H8BrF3N2/c1-15-4-5-2-7(10)6(3-8(5)14)9(11,12)13/h2-4H,14H2,1H3. The monoisotopic (exact) mass is 280 g/mol. The average Bonchev–Trinajstić information content (AvgIpc) is 2.09. The van der Waals surface area contributed by atoms with Crippen molar-refractivity contribution in [1.29, 1.82) is 0 Å². The molecule has 1 rings (SSSR count). The molecular formula is C9H8BrF3N2. The summed E-state index contributed by atoms with van der Waals surface area (Å²) in [7, 11) is 1.52. The van der Waals surface area contributed by atoms with Gasteiger partial charge in [-0.2, -0.15) is 13.2 Å². The minimum Gasteiger partial charge on any atom is -0.398 e. The summed E-state index contributed by atoms with van der Waals surface area (Å²) >= 11 is 2.85. The van der Waals surface area contributed by atoms with Gasteiger partial charge in [0.15, 0.2) is 0 Å². The predicted octanol–water partition coefficient (Wildman–Crippen LogP) is 3.10. The molecule has 0 saturated heterocycles. The molecule has 0 bridgehead atoms. The Morgan fingerprint density at radius 3 is 2.47 bits per heavy atom. The fourth-order valence-electron chi connectivity index (χ4n) is 1.07. The third kappa shape index (κ3) is 2.71. The van der Waals surface area contributed by atoms with E-state index in [1.165, 1.54) is 19.3 Å². The minimum absolute atomic E-state index is 0.0425. The van der Waals surface area contributed by atoms with Crippen molar-refractivity contribution in [2.75, 3.05) is 12.8 Å². The molecular weight excluding hydrogens is 273 g/mol. The normalized spacial score (nSPS) is 12.3. The first-order valence-electron chi connectivity index (χ1n) is 3.94. The molecule has 2 nitrogen and oxygen atoms in total. The summed E-state index contributed by atoms with van der Waals surface area (Å²) in [6.45, 7) is 0. The molecule has 15 heavy (non-hydrogen) atoms. The number of halogens is 4. The van der Waals surface area contributed by atoms with Crippen LogP contribution in [-0.4, -0.2) is 13.3 Å². The fraction of sp³-hybridized carbons (Fsp3) is 0.222. The quantitative estimate of drug-likeness (QED) is 0.623. The summed E-state index contributed by atoms with van der Waals surface area (Å²) in [6.07, 6.45) is -3.00. The molecule has 0 atom stereocenters. The molecule has 0 aliphatic carbocycles. The Bertz CT molecular complexity index is 399. The van der Waals surface area contributed by atoms with Gasteiger partial charge in [-0.25, -0.2) is 0 Å². The van der Waals surface area contributed by atoms with Crippen LogP contribution in [0.5, 0.6) is 0 Å². The van der Waals surface area contributed by atoms with Crippen molar-refractivity contribution < 1.29 is 13.2 Å². The highest BCUT2D eigenvalue weighted by molar-refractivity contribution is 9.10. The van der Waals surface area contributed by atoms with Crippen molar-refractivity contribution in [3.05, 3.63) is 27.7 Å². The van der Waals surface area contributed by atoms with Crippen LogP contribution in [0, 0.1) is 0 Å². The smallest absolute Gasteiger partial charge is 0.398 e. The van der Waals surface area contributed by atoms with Gasteiger partial charge in [-0.1, -0.05) is 15.9 Å². The van der Waals surface area contributed by atoms with E-state index >= 15 is 0 Å². The van der Waals surface area contributed by atoms with E-state index in [-0.39, 0.29) is 10.2 Å². The molecule has 0 aliphatic heterocycles. The highest BCUT2D eigenvalue weighted by Gasteiger charge is 2.33. The summed E-state index contributed by atoms with van der Waals surface area (Å²) < 4.78 is 37.2. The van der Waals surface area contributed by atoms with E-state index in [1.54, 1.807) is 0 Å². The molecule has 82 valence electrons. The zero-order chi connectivity index (χ0) is 11.6. The van der Waals surface area contributed by atoms with Crippen LogP contribution in [-0.2, 0) is 6.18 Å². The third-order valence-electron chi connectivity index (χ3n) is 1.75. The van der Waals surface area contributed by atoms with Crippen LogP contribution in [0.25, 0.3) is 0 Å². The van der Waals surface area contributed by atoms with Crippen molar-refractivity contribution in [3.8, 4) is 0 Å². The first kappa shape index (κ1) is 12.0. The molecule has 1 aromatic carbocycles. The molecule has 0 amide bonds. The van der Waals surface area contributed by atoms with E-state index in [0.29, 0.717) is 5.56 Å². The minimum atomic E-state index is -4.41. The first-order chi connectivity index (χ1) is 6.86. The summed E-state index contributed by atoms with van der Waals surface area (Å²) in [5, 5.41) is 0. The summed E-state index contributed by atoms with van der Waals surface area (Å²) in [5.74, 6) is 0. The van der Waals surface area contributed by atoms with Gasteiger partial charge in [0.2, 0.25) is 0 Å². The highest BCUT2D eigenvalue weighted by atomic mass is 79.9. The fourth-order valence-corrected chi connectivity index (χ4v) is 1.66. The van der Waals surface area contributed by atoms with Crippen LogP contribution >= 0.6 is 15.9 Å². The Kier molecular flexibility index (Phi) is 3.38. The van der Waals surface area contributed by atoms with Crippen molar-refractivity contribution >= 4 is 27.8 Å². The Morgan fingerprint density at radius 1 is 1.40 bits per heavy atom. The molecule has 0 radical (unpaired) electrons. The van der Waals surface area contributed by atoms with Gasteiger partial charge in [-0.05, 0) is 12.1 Å². The lowest BCUT2D eigenvalue weighted by Gasteiger charge is -2.11. The lowest BCUT2D eigenvalue weighted by molar-refractivity contribution is -0.138. The number of anilines is 1. The van der Waals surface area contributed by atoms with Gasteiger partial charge in [0.1, 0.15) is 0 Å².